The molecule has 1 aromatic carbocycles. The minimum atomic E-state index is 0.180. The predicted molar refractivity (Wildman–Crippen MR) is 55.7 cm³/mol. The molecule has 5 heteroatoms. The highest BCUT2D eigenvalue weighted by atomic mass is 79.9. The summed E-state index contributed by atoms with van der Waals surface area (Å²) in [4.78, 5) is 3.92. The molecule has 0 saturated carbocycles. The van der Waals surface area contributed by atoms with Gasteiger partial charge in [0.15, 0.2) is 0 Å². The molecule has 1 aromatic heterocycles. The number of nitrogens with zero attached hydrogens (tertiary/aromatic N) is 1. The van der Waals surface area contributed by atoms with Crippen LogP contribution in [-0.4, -0.2) is 4.98 Å². The Balaban J connectivity index is 2.18. The fourth-order valence-electron chi connectivity index (χ4n) is 0.917. The summed E-state index contributed by atoms with van der Waals surface area (Å²) in [6.45, 7) is 0. The largest absolute Gasteiger partial charge is 0.416 e. The molecule has 14 heavy (non-hydrogen) atoms. The van der Waals surface area contributed by atoms with E-state index in [0.29, 0.717) is 15.4 Å². The first kappa shape index (κ1) is 9.55. The SMILES string of the molecule is Clc1cccc(Oc2nc(Br)co2)c1. The summed E-state index contributed by atoms with van der Waals surface area (Å²) in [5, 5.41) is 0.605. The molecule has 0 radical (unpaired) electrons. The van der Waals surface area contributed by atoms with Crippen molar-refractivity contribution < 1.29 is 9.15 Å². The van der Waals surface area contributed by atoms with Crippen LogP contribution in [0.1, 0.15) is 0 Å². The lowest BCUT2D eigenvalue weighted by atomic mass is 10.3. The molecule has 0 saturated heterocycles. The Morgan fingerprint density at radius 1 is 1.43 bits per heavy atom. The lowest BCUT2D eigenvalue weighted by Gasteiger charge is -1.99. The third-order valence-corrected chi connectivity index (χ3v) is 2.06. The summed E-state index contributed by atoms with van der Waals surface area (Å²) in [5.74, 6) is 0.590. The molecule has 0 bridgehead atoms. The molecule has 2 aromatic rings. The van der Waals surface area contributed by atoms with Gasteiger partial charge in [-0.25, -0.2) is 0 Å². The molecule has 0 spiro atoms. The Morgan fingerprint density at radius 2 is 2.29 bits per heavy atom. The number of halogens is 2. The lowest BCUT2D eigenvalue weighted by Crippen LogP contribution is -1.83. The molecule has 0 atom stereocenters. The van der Waals surface area contributed by atoms with Gasteiger partial charge in [0.25, 0.3) is 0 Å². The van der Waals surface area contributed by atoms with Crippen LogP contribution in [-0.2, 0) is 0 Å². The third kappa shape index (κ3) is 2.27. The molecule has 0 N–H and O–H groups in total. The number of benzene rings is 1. The molecule has 1 heterocycles. The van der Waals surface area contributed by atoms with E-state index in [2.05, 4.69) is 20.9 Å². The average Bonchev–Trinajstić information content (AvgIpc) is 2.51. The van der Waals surface area contributed by atoms with Gasteiger partial charge in [-0.3, -0.25) is 0 Å². The van der Waals surface area contributed by atoms with Crippen molar-refractivity contribution in [3.8, 4) is 11.8 Å². The van der Waals surface area contributed by atoms with Gasteiger partial charge in [-0.15, -0.1) is 0 Å². The van der Waals surface area contributed by atoms with Crippen molar-refractivity contribution in [3.05, 3.63) is 40.2 Å². The summed E-state index contributed by atoms with van der Waals surface area (Å²) in [7, 11) is 0. The monoisotopic (exact) mass is 273 g/mol. The van der Waals surface area contributed by atoms with Crippen LogP contribution in [0.3, 0.4) is 0 Å². The van der Waals surface area contributed by atoms with Gasteiger partial charge >= 0.3 is 6.08 Å². The zero-order valence-electron chi connectivity index (χ0n) is 6.91. The van der Waals surface area contributed by atoms with E-state index >= 15 is 0 Å². The van der Waals surface area contributed by atoms with Gasteiger partial charge in [-0.2, -0.15) is 4.98 Å². The minimum absolute atomic E-state index is 0.180. The van der Waals surface area contributed by atoms with Gasteiger partial charge in [0.1, 0.15) is 16.6 Å². The van der Waals surface area contributed by atoms with Gasteiger partial charge in [-0.1, -0.05) is 17.7 Å². The van der Waals surface area contributed by atoms with Crippen LogP contribution in [0.25, 0.3) is 0 Å². The van der Waals surface area contributed by atoms with Crippen LogP contribution >= 0.6 is 27.5 Å². The number of hydrogen-bond acceptors (Lipinski definition) is 3. The van der Waals surface area contributed by atoms with Crippen LogP contribution in [0.15, 0.2) is 39.5 Å². The van der Waals surface area contributed by atoms with Crippen molar-refractivity contribution in [2.75, 3.05) is 0 Å². The smallest absolute Gasteiger partial charge is 0.400 e. The fraction of sp³-hybridized carbons (Fsp3) is 0. The summed E-state index contributed by atoms with van der Waals surface area (Å²) >= 11 is 8.93. The second kappa shape index (κ2) is 4.02. The molecule has 0 unspecified atom stereocenters. The van der Waals surface area contributed by atoms with Crippen molar-refractivity contribution in [1.29, 1.82) is 0 Å². The number of rotatable bonds is 2. The van der Waals surface area contributed by atoms with E-state index in [-0.39, 0.29) is 6.08 Å². The van der Waals surface area contributed by atoms with Crippen LogP contribution < -0.4 is 4.74 Å². The first-order valence-electron chi connectivity index (χ1n) is 3.78. The first-order valence-corrected chi connectivity index (χ1v) is 4.95. The van der Waals surface area contributed by atoms with Crippen molar-refractivity contribution in [3.63, 3.8) is 0 Å². The van der Waals surface area contributed by atoms with Crippen molar-refractivity contribution in [2.45, 2.75) is 0 Å². The molecule has 72 valence electrons. The second-order valence-electron chi connectivity index (χ2n) is 2.50. The molecule has 3 nitrogen and oxygen atoms in total. The molecule has 2 rings (SSSR count). The number of hydrogen-bond donors (Lipinski definition) is 0. The average molecular weight is 275 g/mol. The van der Waals surface area contributed by atoms with Gasteiger partial charge in [0, 0.05) is 5.02 Å². The maximum absolute atomic E-state index is 5.78. The second-order valence-corrected chi connectivity index (χ2v) is 3.74. The highest BCUT2D eigenvalue weighted by molar-refractivity contribution is 9.10. The van der Waals surface area contributed by atoms with E-state index in [1.807, 2.05) is 0 Å². The standard InChI is InChI=1S/C9H5BrClNO2/c10-8-5-13-9(12-8)14-7-3-1-2-6(11)4-7/h1-5H. The van der Waals surface area contributed by atoms with E-state index in [0.717, 1.165) is 0 Å². The Bertz CT molecular complexity index is 444. The summed E-state index contributed by atoms with van der Waals surface area (Å²) in [5.41, 5.74) is 0. The molecule has 0 aliphatic carbocycles. The normalized spacial score (nSPS) is 10.1. The minimum Gasteiger partial charge on any atom is -0.416 e. The van der Waals surface area contributed by atoms with Crippen LogP contribution in [0.4, 0.5) is 0 Å². The van der Waals surface area contributed by atoms with E-state index in [1.54, 1.807) is 24.3 Å². The first-order chi connectivity index (χ1) is 6.74. The van der Waals surface area contributed by atoms with Crippen LogP contribution in [0, 0.1) is 0 Å². The van der Waals surface area contributed by atoms with Gasteiger partial charge in [-0.05, 0) is 34.1 Å². The van der Waals surface area contributed by atoms with Gasteiger partial charge < -0.3 is 9.15 Å². The zero-order valence-corrected chi connectivity index (χ0v) is 9.25. The van der Waals surface area contributed by atoms with Gasteiger partial charge in [0.2, 0.25) is 0 Å². The highest BCUT2D eigenvalue weighted by Crippen LogP contribution is 2.24. The number of ether oxygens (including phenoxy) is 1. The molecular weight excluding hydrogens is 269 g/mol. The summed E-state index contributed by atoms with van der Waals surface area (Å²) in [6.07, 6.45) is 1.62. The quantitative estimate of drug-likeness (QED) is 0.833. The van der Waals surface area contributed by atoms with Crippen molar-refractivity contribution in [2.24, 2.45) is 0 Å². The van der Waals surface area contributed by atoms with Crippen LogP contribution in [0.5, 0.6) is 11.8 Å². The Hall–Kier alpha value is -1.00. The summed E-state index contributed by atoms with van der Waals surface area (Å²) < 4.78 is 10.9. The Labute approximate surface area is 93.8 Å². The third-order valence-electron chi connectivity index (χ3n) is 1.46. The molecule has 0 aliphatic heterocycles. The van der Waals surface area contributed by atoms with E-state index in [9.17, 15) is 0 Å². The van der Waals surface area contributed by atoms with E-state index in [1.165, 1.54) is 6.26 Å². The fourth-order valence-corrected chi connectivity index (χ4v) is 1.34. The van der Waals surface area contributed by atoms with Crippen LogP contribution in [0.2, 0.25) is 5.02 Å². The topological polar surface area (TPSA) is 35.3 Å². The lowest BCUT2D eigenvalue weighted by molar-refractivity contribution is 0.331. The molecule has 0 fully saturated rings. The van der Waals surface area contributed by atoms with E-state index < -0.39 is 0 Å². The Morgan fingerprint density at radius 3 is 2.93 bits per heavy atom. The zero-order chi connectivity index (χ0) is 9.97. The van der Waals surface area contributed by atoms with Crippen molar-refractivity contribution >= 4 is 27.5 Å². The number of aromatic nitrogens is 1. The molecular formula is C9H5BrClNO2. The van der Waals surface area contributed by atoms with Crippen molar-refractivity contribution in [1.82, 2.24) is 4.98 Å². The highest BCUT2D eigenvalue weighted by Gasteiger charge is 2.04. The Kier molecular flexibility index (Phi) is 2.74. The maximum Gasteiger partial charge on any atom is 0.400 e. The molecule has 0 aliphatic rings. The van der Waals surface area contributed by atoms with E-state index in [4.69, 9.17) is 20.8 Å². The number of oxazole rings is 1. The summed E-state index contributed by atoms with van der Waals surface area (Å²) in [6, 6.07) is 7.00. The molecule has 0 amide bonds. The predicted octanol–water partition coefficient (Wildman–Crippen LogP) is 3.88. The maximum atomic E-state index is 5.78. The van der Waals surface area contributed by atoms with Gasteiger partial charge in [0.05, 0.1) is 0 Å².